The van der Waals surface area contributed by atoms with E-state index in [-0.39, 0.29) is 10.6 Å². The number of benzene rings is 1. The number of halogens is 1. The quantitative estimate of drug-likeness (QED) is 0.853. The average molecular weight is 319 g/mol. The van der Waals surface area contributed by atoms with Crippen LogP contribution in [0.25, 0.3) is 0 Å². The number of carboxylic acid groups (broad SMARTS) is 1. The molecule has 0 aliphatic heterocycles. The predicted molar refractivity (Wildman–Crippen MR) is 84.7 cm³/mol. The van der Waals surface area contributed by atoms with Gasteiger partial charge in [0.2, 0.25) is 0 Å². The number of nitrogens with one attached hydrogen (secondary N) is 1. The van der Waals surface area contributed by atoms with Crippen LogP contribution in [0.15, 0.2) is 29.5 Å². The summed E-state index contributed by atoms with van der Waals surface area (Å²) in [5.74, 6) is -1.06. The van der Waals surface area contributed by atoms with Crippen molar-refractivity contribution in [3.8, 4) is 0 Å². The van der Waals surface area contributed by atoms with Gasteiger partial charge in [0, 0.05) is 18.3 Å². The smallest absolute Gasteiger partial charge is 0.337 e. The Morgan fingerprint density at radius 1 is 1.45 bits per heavy atom. The molecule has 1 aliphatic carbocycles. The molecule has 0 saturated heterocycles. The number of aromatic carboxylic acids is 1. The Labute approximate surface area is 132 Å². The van der Waals surface area contributed by atoms with Crippen LogP contribution in [-0.4, -0.2) is 26.6 Å². The highest BCUT2D eigenvalue weighted by molar-refractivity contribution is 6.33. The third-order valence-electron chi connectivity index (χ3n) is 3.72. The maximum atomic E-state index is 11.1. The molecule has 7 heteroatoms. The number of fused-ring (bicyclic) bond motifs is 1. The third kappa shape index (κ3) is 2.69. The molecule has 0 amide bonds. The van der Waals surface area contributed by atoms with Crippen molar-refractivity contribution in [2.24, 2.45) is 12.1 Å². The SMILES string of the molecule is Cn1ncc2c1CCC/C2=N\Nc1ccc(Cl)c(C(=O)O)c1. The summed E-state index contributed by atoms with van der Waals surface area (Å²) in [4.78, 5) is 11.1. The van der Waals surface area contributed by atoms with Crippen LogP contribution in [0.4, 0.5) is 5.69 Å². The number of hydrazone groups is 1. The molecular weight excluding hydrogens is 304 g/mol. The zero-order valence-electron chi connectivity index (χ0n) is 12.0. The molecule has 114 valence electrons. The fourth-order valence-corrected chi connectivity index (χ4v) is 2.76. The maximum absolute atomic E-state index is 11.1. The number of hydrogen-bond donors (Lipinski definition) is 2. The van der Waals surface area contributed by atoms with Crippen LogP contribution in [-0.2, 0) is 13.5 Å². The fourth-order valence-electron chi connectivity index (χ4n) is 2.57. The van der Waals surface area contributed by atoms with E-state index in [1.165, 1.54) is 11.8 Å². The van der Waals surface area contributed by atoms with Gasteiger partial charge in [-0.15, -0.1) is 0 Å². The van der Waals surface area contributed by atoms with Gasteiger partial charge in [-0.3, -0.25) is 10.1 Å². The number of rotatable bonds is 3. The zero-order chi connectivity index (χ0) is 15.7. The van der Waals surface area contributed by atoms with E-state index in [1.54, 1.807) is 12.1 Å². The van der Waals surface area contributed by atoms with Gasteiger partial charge in [0.25, 0.3) is 0 Å². The van der Waals surface area contributed by atoms with Crippen molar-refractivity contribution < 1.29 is 9.90 Å². The van der Waals surface area contributed by atoms with E-state index in [2.05, 4.69) is 15.6 Å². The van der Waals surface area contributed by atoms with Crippen molar-refractivity contribution in [3.05, 3.63) is 46.2 Å². The lowest BCUT2D eigenvalue weighted by atomic mass is 9.96. The normalized spacial score (nSPS) is 15.6. The van der Waals surface area contributed by atoms with Crippen LogP contribution < -0.4 is 5.43 Å². The van der Waals surface area contributed by atoms with Crippen molar-refractivity contribution >= 4 is 29.0 Å². The molecule has 2 aromatic rings. The van der Waals surface area contributed by atoms with Crippen LogP contribution in [0.5, 0.6) is 0 Å². The molecule has 1 aliphatic rings. The molecule has 0 unspecified atom stereocenters. The average Bonchev–Trinajstić information content (AvgIpc) is 2.88. The second-order valence-corrected chi connectivity index (χ2v) is 5.56. The van der Waals surface area contributed by atoms with Crippen LogP contribution in [0.2, 0.25) is 5.02 Å². The van der Waals surface area contributed by atoms with Gasteiger partial charge < -0.3 is 5.11 Å². The topological polar surface area (TPSA) is 79.5 Å². The number of aryl methyl sites for hydroxylation is 1. The minimum atomic E-state index is -1.06. The Hall–Kier alpha value is -2.34. The summed E-state index contributed by atoms with van der Waals surface area (Å²) < 4.78 is 1.87. The van der Waals surface area contributed by atoms with Gasteiger partial charge in [0.15, 0.2) is 0 Å². The van der Waals surface area contributed by atoms with Gasteiger partial charge in [-0.25, -0.2) is 4.79 Å². The Kier molecular flexibility index (Phi) is 3.85. The van der Waals surface area contributed by atoms with Crippen LogP contribution in [0.3, 0.4) is 0 Å². The summed E-state index contributed by atoms with van der Waals surface area (Å²) in [5.41, 5.74) is 6.71. The summed E-state index contributed by atoms with van der Waals surface area (Å²) in [5, 5.41) is 18.0. The largest absolute Gasteiger partial charge is 0.478 e. The van der Waals surface area contributed by atoms with Gasteiger partial charge in [-0.05, 0) is 37.5 Å². The van der Waals surface area contributed by atoms with Gasteiger partial charge >= 0.3 is 5.97 Å². The lowest BCUT2D eigenvalue weighted by molar-refractivity contribution is 0.0697. The summed E-state index contributed by atoms with van der Waals surface area (Å²) in [6, 6.07) is 4.72. The Morgan fingerprint density at radius 3 is 3.05 bits per heavy atom. The zero-order valence-corrected chi connectivity index (χ0v) is 12.8. The van der Waals surface area contributed by atoms with Crippen molar-refractivity contribution in [1.82, 2.24) is 9.78 Å². The van der Waals surface area contributed by atoms with E-state index < -0.39 is 5.97 Å². The molecule has 2 N–H and O–H groups in total. The second kappa shape index (κ2) is 5.81. The fraction of sp³-hybridized carbons (Fsp3) is 0.267. The molecular formula is C15H15ClN4O2. The first kappa shape index (κ1) is 14.6. The number of nitrogens with zero attached hydrogens (tertiary/aromatic N) is 3. The molecule has 0 atom stereocenters. The van der Waals surface area contributed by atoms with E-state index in [9.17, 15) is 4.79 Å². The molecule has 1 aromatic carbocycles. The number of aromatic nitrogens is 2. The van der Waals surface area contributed by atoms with Crippen molar-refractivity contribution in [1.29, 1.82) is 0 Å². The monoisotopic (exact) mass is 318 g/mol. The highest BCUT2D eigenvalue weighted by atomic mass is 35.5. The Morgan fingerprint density at radius 2 is 2.27 bits per heavy atom. The first-order valence-corrected chi connectivity index (χ1v) is 7.30. The van der Waals surface area contributed by atoms with Gasteiger partial charge in [0.1, 0.15) is 0 Å². The third-order valence-corrected chi connectivity index (χ3v) is 4.05. The van der Waals surface area contributed by atoms with Crippen molar-refractivity contribution in [2.45, 2.75) is 19.3 Å². The molecule has 0 saturated carbocycles. The summed E-state index contributed by atoms with van der Waals surface area (Å²) >= 11 is 5.85. The minimum absolute atomic E-state index is 0.0533. The van der Waals surface area contributed by atoms with Gasteiger partial charge in [-0.2, -0.15) is 10.2 Å². The first-order valence-electron chi connectivity index (χ1n) is 6.93. The van der Waals surface area contributed by atoms with Gasteiger partial charge in [-0.1, -0.05) is 11.6 Å². The number of anilines is 1. The Balaban J connectivity index is 1.86. The van der Waals surface area contributed by atoms with E-state index in [4.69, 9.17) is 16.7 Å². The minimum Gasteiger partial charge on any atom is -0.478 e. The maximum Gasteiger partial charge on any atom is 0.337 e. The number of carboxylic acids is 1. The van der Waals surface area contributed by atoms with Gasteiger partial charge in [0.05, 0.1) is 28.2 Å². The van der Waals surface area contributed by atoms with E-state index >= 15 is 0 Å². The first-order chi connectivity index (χ1) is 10.6. The lowest BCUT2D eigenvalue weighted by Crippen LogP contribution is -2.14. The molecule has 1 heterocycles. The van der Waals surface area contributed by atoms with Crippen molar-refractivity contribution in [2.75, 3.05) is 5.43 Å². The van der Waals surface area contributed by atoms with Crippen LogP contribution in [0, 0.1) is 0 Å². The molecule has 0 radical (unpaired) electrons. The van der Waals surface area contributed by atoms with Crippen molar-refractivity contribution in [3.63, 3.8) is 0 Å². The number of carbonyl (C=O) groups is 1. The highest BCUT2D eigenvalue weighted by Crippen LogP contribution is 2.23. The predicted octanol–water partition coefficient (Wildman–Crippen LogP) is 2.92. The summed E-state index contributed by atoms with van der Waals surface area (Å²) in [7, 11) is 1.92. The van der Waals surface area contributed by atoms with E-state index in [1.807, 2.05) is 17.9 Å². The summed E-state index contributed by atoms with van der Waals surface area (Å²) in [6.45, 7) is 0. The molecule has 1 aromatic heterocycles. The standard InChI is InChI=1S/C15H15ClN4O2/c1-20-14-4-2-3-13(11(14)8-17-20)19-18-9-5-6-12(16)10(7-9)15(21)22/h5-8,18H,2-4H2,1H3,(H,21,22)/b19-13+. The second-order valence-electron chi connectivity index (χ2n) is 5.15. The van der Waals surface area contributed by atoms with Crippen LogP contribution in [0.1, 0.15) is 34.5 Å². The number of hydrogen-bond acceptors (Lipinski definition) is 4. The lowest BCUT2D eigenvalue weighted by Gasteiger charge is -2.15. The molecule has 0 bridgehead atoms. The van der Waals surface area contributed by atoms with E-state index in [0.717, 1.165) is 30.5 Å². The molecule has 0 spiro atoms. The van der Waals surface area contributed by atoms with Crippen LogP contribution >= 0.6 is 11.6 Å². The highest BCUT2D eigenvalue weighted by Gasteiger charge is 2.19. The van der Waals surface area contributed by atoms with E-state index in [0.29, 0.717) is 5.69 Å². The molecule has 22 heavy (non-hydrogen) atoms. The molecule has 3 rings (SSSR count). The summed E-state index contributed by atoms with van der Waals surface area (Å²) in [6.07, 6.45) is 4.70. The molecule has 0 fully saturated rings. The Bertz CT molecular complexity index is 767. The molecule has 6 nitrogen and oxygen atoms in total.